The van der Waals surface area contributed by atoms with Crippen LogP contribution < -0.4 is 5.32 Å². The van der Waals surface area contributed by atoms with E-state index in [0.717, 1.165) is 0 Å². The van der Waals surface area contributed by atoms with Crippen LogP contribution in [0.25, 0.3) is 0 Å². The smallest absolute Gasteiger partial charge is 0.315 e. The number of carbonyl (C=O) groups is 2. The van der Waals surface area contributed by atoms with Gasteiger partial charge < -0.3 is 14.5 Å². The first-order chi connectivity index (χ1) is 8.22. The van der Waals surface area contributed by atoms with E-state index in [-0.39, 0.29) is 23.4 Å². The highest BCUT2D eigenvalue weighted by molar-refractivity contribution is 8.00. The Morgan fingerprint density at radius 3 is 2.94 bits per heavy atom. The van der Waals surface area contributed by atoms with Crippen molar-refractivity contribution in [1.29, 1.82) is 0 Å². The largest absolute Gasteiger partial charge is 0.467 e. The Morgan fingerprint density at radius 1 is 1.47 bits per heavy atom. The number of furan rings is 1. The number of amides is 1. The Bertz CT molecular complexity index is 350. The number of esters is 1. The van der Waals surface area contributed by atoms with Gasteiger partial charge in [-0.2, -0.15) is 0 Å². The van der Waals surface area contributed by atoms with Gasteiger partial charge in [0.2, 0.25) is 5.91 Å². The highest BCUT2D eigenvalue weighted by atomic mass is 32.2. The van der Waals surface area contributed by atoms with E-state index in [2.05, 4.69) is 5.32 Å². The zero-order valence-electron chi connectivity index (χ0n) is 9.60. The van der Waals surface area contributed by atoms with Gasteiger partial charge in [0.05, 0.1) is 30.9 Å². The standard InChI is InChI=1S/C11H15NO4S/c1-2-15-11(14)8-17-7-10(13)12-6-9-4-3-5-16-9/h3-5H,2,6-8H2,1H3,(H,12,13). The van der Waals surface area contributed by atoms with Crippen LogP contribution in [0.5, 0.6) is 0 Å². The van der Waals surface area contributed by atoms with Gasteiger partial charge in [-0.15, -0.1) is 11.8 Å². The lowest BCUT2D eigenvalue weighted by atomic mass is 10.4. The third-order valence-electron chi connectivity index (χ3n) is 1.80. The van der Waals surface area contributed by atoms with Crippen molar-refractivity contribution in [2.24, 2.45) is 0 Å². The molecule has 0 aliphatic rings. The summed E-state index contributed by atoms with van der Waals surface area (Å²) in [5.74, 6) is 0.711. The normalized spacial score (nSPS) is 9.94. The zero-order chi connectivity index (χ0) is 12.5. The maximum atomic E-state index is 11.4. The van der Waals surface area contributed by atoms with E-state index < -0.39 is 0 Å². The summed E-state index contributed by atoms with van der Waals surface area (Å²) in [5, 5.41) is 2.69. The quantitative estimate of drug-likeness (QED) is 0.743. The molecule has 0 unspecified atom stereocenters. The lowest BCUT2D eigenvalue weighted by Gasteiger charge is -2.03. The number of thioether (sulfide) groups is 1. The van der Waals surface area contributed by atoms with Crippen LogP contribution >= 0.6 is 11.8 Å². The van der Waals surface area contributed by atoms with Gasteiger partial charge in [-0.25, -0.2) is 0 Å². The maximum Gasteiger partial charge on any atom is 0.315 e. The molecule has 0 aliphatic heterocycles. The third kappa shape index (κ3) is 6.01. The summed E-state index contributed by atoms with van der Waals surface area (Å²) in [6, 6.07) is 3.54. The van der Waals surface area contributed by atoms with Crippen molar-refractivity contribution in [3.05, 3.63) is 24.2 Å². The minimum absolute atomic E-state index is 0.129. The molecule has 1 aromatic heterocycles. The summed E-state index contributed by atoms with van der Waals surface area (Å²) >= 11 is 1.23. The molecule has 0 fully saturated rings. The van der Waals surface area contributed by atoms with Crippen molar-refractivity contribution >= 4 is 23.6 Å². The third-order valence-corrected chi connectivity index (χ3v) is 2.70. The van der Waals surface area contributed by atoms with Crippen molar-refractivity contribution in [3.63, 3.8) is 0 Å². The van der Waals surface area contributed by atoms with Crippen LogP contribution in [0.2, 0.25) is 0 Å². The van der Waals surface area contributed by atoms with E-state index >= 15 is 0 Å². The fourth-order valence-electron chi connectivity index (χ4n) is 1.08. The molecule has 1 rings (SSSR count). The van der Waals surface area contributed by atoms with Crippen molar-refractivity contribution < 1.29 is 18.7 Å². The number of ether oxygens (including phenoxy) is 1. The van der Waals surface area contributed by atoms with Crippen LogP contribution in [-0.4, -0.2) is 30.0 Å². The SMILES string of the molecule is CCOC(=O)CSCC(=O)NCc1ccco1. The van der Waals surface area contributed by atoms with Crippen LogP contribution in [-0.2, 0) is 20.9 Å². The summed E-state index contributed by atoms with van der Waals surface area (Å²) in [4.78, 5) is 22.3. The van der Waals surface area contributed by atoms with Crippen molar-refractivity contribution in [2.75, 3.05) is 18.1 Å². The number of hydrogen-bond donors (Lipinski definition) is 1. The molecule has 1 amide bonds. The Balaban J connectivity index is 2.07. The first-order valence-electron chi connectivity index (χ1n) is 5.24. The number of carbonyl (C=O) groups excluding carboxylic acids is 2. The van der Waals surface area contributed by atoms with Crippen LogP contribution in [0.15, 0.2) is 22.8 Å². The zero-order valence-corrected chi connectivity index (χ0v) is 10.4. The lowest BCUT2D eigenvalue weighted by Crippen LogP contribution is -2.25. The van der Waals surface area contributed by atoms with Gasteiger partial charge in [0.25, 0.3) is 0 Å². The molecule has 0 bridgehead atoms. The predicted octanol–water partition coefficient (Wildman–Crippen LogP) is 1.19. The molecular formula is C11H15NO4S. The van der Waals surface area contributed by atoms with Gasteiger partial charge in [0, 0.05) is 0 Å². The van der Waals surface area contributed by atoms with Gasteiger partial charge >= 0.3 is 5.97 Å². The van der Waals surface area contributed by atoms with E-state index in [0.29, 0.717) is 18.9 Å². The monoisotopic (exact) mass is 257 g/mol. The molecule has 0 radical (unpaired) electrons. The minimum Gasteiger partial charge on any atom is -0.467 e. The Hall–Kier alpha value is -1.43. The maximum absolute atomic E-state index is 11.4. The highest BCUT2D eigenvalue weighted by Crippen LogP contribution is 2.02. The highest BCUT2D eigenvalue weighted by Gasteiger charge is 2.06. The molecule has 6 heteroatoms. The fourth-order valence-corrected chi connectivity index (χ4v) is 1.72. The van der Waals surface area contributed by atoms with E-state index in [1.165, 1.54) is 11.8 Å². The average molecular weight is 257 g/mol. The molecular weight excluding hydrogens is 242 g/mol. The average Bonchev–Trinajstić information content (AvgIpc) is 2.79. The van der Waals surface area contributed by atoms with Crippen molar-refractivity contribution in [2.45, 2.75) is 13.5 Å². The first-order valence-corrected chi connectivity index (χ1v) is 6.40. The fraction of sp³-hybridized carbons (Fsp3) is 0.455. The van der Waals surface area contributed by atoms with Crippen LogP contribution in [0.1, 0.15) is 12.7 Å². The number of hydrogen-bond acceptors (Lipinski definition) is 5. The molecule has 0 aliphatic carbocycles. The van der Waals surface area contributed by atoms with Gasteiger partial charge in [-0.3, -0.25) is 9.59 Å². The first kappa shape index (κ1) is 13.6. The van der Waals surface area contributed by atoms with E-state index in [1.807, 2.05) is 0 Å². The van der Waals surface area contributed by atoms with Crippen molar-refractivity contribution in [3.8, 4) is 0 Å². The van der Waals surface area contributed by atoms with Crippen LogP contribution in [0, 0.1) is 0 Å². The number of rotatable bonds is 7. The minimum atomic E-state index is -0.295. The second-order valence-corrected chi connectivity index (χ2v) is 4.14. The summed E-state index contributed by atoms with van der Waals surface area (Å²) in [6.07, 6.45) is 1.55. The van der Waals surface area contributed by atoms with E-state index in [9.17, 15) is 9.59 Å². The Kier molecular flexibility index (Phi) is 6.24. The molecule has 1 N–H and O–H groups in total. The molecule has 0 saturated carbocycles. The van der Waals surface area contributed by atoms with Gasteiger partial charge in [-0.05, 0) is 19.1 Å². The van der Waals surface area contributed by atoms with Crippen molar-refractivity contribution in [1.82, 2.24) is 5.32 Å². The molecule has 0 aromatic carbocycles. The molecule has 0 spiro atoms. The summed E-state index contributed by atoms with van der Waals surface area (Å²) in [5.41, 5.74) is 0. The summed E-state index contributed by atoms with van der Waals surface area (Å²) in [6.45, 7) is 2.48. The predicted molar refractivity (Wildman–Crippen MR) is 64.5 cm³/mol. The number of nitrogens with one attached hydrogen (secondary N) is 1. The molecule has 0 saturated heterocycles. The van der Waals surface area contributed by atoms with Gasteiger partial charge in [-0.1, -0.05) is 0 Å². The molecule has 0 atom stereocenters. The molecule has 17 heavy (non-hydrogen) atoms. The van der Waals surface area contributed by atoms with E-state index in [4.69, 9.17) is 9.15 Å². The molecule has 1 heterocycles. The molecule has 1 aromatic rings. The molecule has 94 valence electrons. The van der Waals surface area contributed by atoms with Crippen LogP contribution in [0.4, 0.5) is 0 Å². The lowest BCUT2D eigenvalue weighted by molar-refractivity contribution is -0.139. The van der Waals surface area contributed by atoms with Gasteiger partial charge in [0.15, 0.2) is 0 Å². The Morgan fingerprint density at radius 2 is 2.29 bits per heavy atom. The molecule has 5 nitrogen and oxygen atoms in total. The van der Waals surface area contributed by atoms with Crippen LogP contribution in [0.3, 0.4) is 0 Å². The van der Waals surface area contributed by atoms with Gasteiger partial charge in [0.1, 0.15) is 5.76 Å². The topological polar surface area (TPSA) is 68.5 Å². The second kappa shape index (κ2) is 7.78. The second-order valence-electron chi connectivity index (χ2n) is 3.15. The summed E-state index contributed by atoms with van der Waals surface area (Å²) < 4.78 is 9.80. The Labute approximate surface area is 104 Å². The van der Waals surface area contributed by atoms with E-state index in [1.54, 1.807) is 25.3 Å². The summed E-state index contributed by atoms with van der Waals surface area (Å²) in [7, 11) is 0.